The topological polar surface area (TPSA) is 117 Å². The first-order chi connectivity index (χ1) is 15.9. The van der Waals surface area contributed by atoms with Gasteiger partial charge in [0.25, 0.3) is 0 Å². The number of morpholine rings is 1. The molecule has 3 rings (SSSR count). The Labute approximate surface area is 191 Å². The smallest absolute Gasteiger partial charge is 0.306 e. The molecule has 1 aromatic carbocycles. The molecule has 2 aromatic rings. The van der Waals surface area contributed by atoms with E-state index >= 15 is 0 Å². The maximum Gasteiger partial charge on any atom is 0.306 e. The van der Waals surface area contributed by atoms with E-state index < -0.39 is 23.1 Å². The van der Waals surface area contributed by atoms with Gasteiger partial charge in [0.15, 0.2) is 17.3 Å². The Morgan fingerprint density at radius 2 is 1.67 bits per heavy atom. The number of methoxy groups -OCH3 is 4. The van der Waals surface area contributed by atoms with Crippen molar-refractivity contribution in [3.63, 3.8) is 0 Å². The molecular weight excluding hydrogens is 434 g/mol. The van der Waals surface area contributed by atoms with E-state index in [9.17, 15) is 14.7 Å². The molecule has 2 heterocycles. The van der Waals surface area contributed by atoms with Crippen LogP contribution < -0.4 is 19.6 Å². The predicted molar refractivity (Wildman–Crippen MR) is 117 cm³/mol. The highest BCUT2D eigenvalue weighted by Gasteiger charge is 2.30. The molecule has 0 saturated carbocycles. The van der Waals surface area contributed by atoms with Gasteiger partial charge in [-0.05, 0) is 6.07 Å². The second-order valence-corrected chi connectivity index (χ2v) is 7.46. The van der Waals surface area contributed by atoms with Crippen LogP contribution in [0.1, 0.15) is 29.4 Å². The number of esters is 1. The molecule has 0 aliphatic carbocycles. The Morgan fingerprint density at radius 1 is 1.03 bits per heavy atom. The molecule has 10 heteroatoms. The molecule has 1 N–H and O–H groups in total. The average Bonchev–Trinajstić information content (AvgIpc) is 2.84. The summed E-state index contributed by atoms with van der Waals surface area (Å²) in [7, 11) is 5.69. The summed E-state index contributed by atoms with van der Waals surface area (Å²) < 4.78 is 32.5. The minimum Gasteiger partial charge on any atom is -0.502 e. The second kappa shape index (κ2) is 11.1. The molecule has 0 bridgehead atoms. The average molecular weight is 463 g/mol. The van der Waals surface area contributed by atoms with Crippen molar-refractivity contribution in [2.45, 2.75) is 18.9 Å². The van der Waals surface area contributed by atoms with Gasteiger partial charge in [-0.3, -0.25) is 14.5 Å². The molecule has 1 aliphatic rings. The fourth-order valence-corrected chi connectivity index (χ4v) is 3.77. The van der Waals surface area contributed by atoms with Crippen molar-refractivity contribution in [3.05, 3.63) is 45.5 Å². The van der Waals surface area contributed by atoms with Crippen molar-refractivity contribution in [2.75, 3.05) is 54.7 Å². The zero-order valence-corrected chi connectivity index (χ0v) is 19.2. The Bertz CT molecular complexity index is 1030. The summed E-state index contributed by atoms with van der Waals surface area (Å²) >= 11 is 0. The van der Waals surface area contributed by atoms with E-state index in [1.165, 1.54) is 34.5 Å². The fourth-order valence-electron chi connectivity index (χ4n) is 3.77. The van der Waals surface area contributed by atoms with Crippen LogP contribution in [0.3, 0.4) is 0 Å². The SMILES string of the molecule is COC(=O)C[C@H](c1cc(OC)c(OC)cc1OC)c1oc(CN2CCOCC2)cc(=O)c1O. The highest BCUT2D eigenvalue weighted by molar-refractivity contribution is 5.72. The van der Waals surface area contributed by atoms with Crippen LogP contribution in [0.4, 0.5) is 0 Å². The van der Waals surface area contributed by atoms with Crippen molar-refractivity contribution in [3.8, 4) is 23.0 Å². The first kappa shape index (κ1) is 24.4. The maximum atomic E-state index is 12.6. The summed E-state index contributed by atoms with van der Waals surface area (Å²) in [5.41, 5.74) is -0.142. The van der Waals surface area contributed by atoms with Gasteiger partial charge in [0.2, 0.25) is 11.2 Å². The lowest BCUT2D eigenvalue weighted by atomic mass is 9.91. The van der Waals surface area contributed by atoms with Gasteiger partial charge in [0.1, 0.15) is 11.5 Å². The van der Waals surface area contributed by atoms with Gasteiger partial charge in [-0.15, -0.1) is 0 Å². The molecule has 1 aromatic heterocycles. The van der Waals surface area contributed by atoms with Gasteiger partial charge in [-0.25, -0.2) is 0 Å². The number of nitrogens with zero attached hydrogens (tertiary/aromatic N) is 1. The summed E-state index contributed by atoms with van der Waals surface area (Å²) in [6.45, 7) is 2.91. The summed E-state index contributed by atoms with van der Waals surface area (Å²) in [6, 6.07) is 4.49. The summed E-state index contributed by atoms with van der Waals surface area (Å²) in [4.78, 5) is 27.0. The molecule has 1 fully saturated rings. The summed E-state index contributed by atoms with van der Waals surface area (Å²) in [5.74, 6) is -0.544. The maximum absolute atomic E-state index is 12.6. The lowest BCUT2D eigenvalue weighted by Crippen LogP contribution is -2.35. The summed E-state index contributed by atoms with van der Waals surface area (Å²) in [6.07, 6.45) is -0.208. The lowest BCUT2D eigenvalue weighted by Gasteiger charge is -2.26. The van der Waals surface area contributed by atoms with Crippen LogP contribution in [0, 0.1) is 0 Å². The number of ether oxygens (including phenoxy) is 5. The molecule has 0 radical (unpaired) electrons. The van der Waals surface area contributed by atoms with Crippen LogP contribution in [-0.2, 0) is 20.8 Å². The Morgan fingerprint density at radius 3 is 2.27 bits per heavy atom. The van der Waals surface area contributed by atoms with Gasteiger partial charge in [-0.1, -0.05) is 0 Å². The molecule has 0 spiro atoms. The monoisotopic (exact) mass is 463 g/mol. The Hall–Kier alpha value is -3.24. The first-order valence-electron chi connectivity index (χ1n) is 10.4. The van der Waals surface area contributed by atoms with Crippen molar-refractivity contribution in [1.82, 2.24) is 4.90 Å². The summed E-state index contributed by atoms with van der Waals surface area (Å²) in [5, 5.41) is 10.6. The van der Waals surface area contributed by atoms with Gasteiger partial charge < -0.3 is 33.2 Å². The third-order valence-corrected chi connectivity index (χ3v) is 5.51. The van der Waals surface area contributed by atoms with Crippen LogP contribution in [0.5, 0.6) is 23.0 Å². The molecule has 10 nitrogen and oxygen atoms in total. The van der Waals surface area contributed by atoms with E-state index in [0.29, 0.717) is 61.4 Å². The van der Waals surface area contributed by atoms with E-state index in [1.54, 1.807) is 12.1 Å². The molecule has 0 amide bonds. The highest BCUT2D eigenvalue weighted by Crippen LogP contribution is 2.43. The fraction of sp³-hybridized carbons (Fsp3) is 0.478. The molecule has 33 heavy (non-hydrogen) atoms. The van der Waals surface area contributed by atoms with E-state index in [1.807, 2.05) is 0 Å². The van der Waals surface area contributed by atoms with Crippen molar-refractivity contribution in [2.24, 2.45) is 0 Å². The molecule has 0 unspecified atom stereocenters. The first-order valence-corrected chi connectivity index (χ1v) is 10.4. The van der Waals surface area contributed by atoms with Gasteiger partial charge in [0.05, 0.1) is 60.5 Å². The van der Waals surface area contributed by atoms with E-state index in [2.05, 4.69) is 4.90 Å². The van der Waals surface area contributed by atoms with Crippen molar-refractivity contribution >= 4 is 5.97 Å². The van der Waals surface area contributed by atoms with E-state index in [4.69, 9.17) is 28.1 Å². The van der Waals surface area contributed by atoms with Crippen LogP contribution in [0.25, 0.3) is 0 Å². The van der Waals surface area contributed by atoms with Crippen LogP contribution in [-0.4, -0.2) is 70.7 Å². The number of rotatable bonds is 9. The van der Waals surface area contributed by atoms with Gasteiger partial charge in [-0.2, -0.15) is 0 Å². The zero-order chi connectivity index (χ0) is 24.0. The number of hydrogen-bond acceptors (Lipinski definition) is 10. The number of aromatic hydroxyl groups is 1. The molecular formula is C23H29NO9. The Balaban J connectivity index is 2.13. The minimum atomic E-state index is -0.885. The number of benzene rings is 1. The van der Waals surface area contributed by atoms with Crippen LogP contribution in [0.15, 0.2) is 27.4 Å². The van der Waals surface area contributed by atoms with Gasteiger partial charge in [0, 0.05) is 30.8 Å². The predicted octanol–water partition coefficient (Wildman–Crippen LogP) is 1.90. The number of carbonyl (C=O) groups excluding carboxylic acids is 1. The third kappa shape index (κ3) is 5.58. The molecule has 1 saturated heterocycles. The minimum absolute atomic E-state index is 0.0540. The Kier molecular flexibility index (Phi) is 8.18. The van der Waals surface area contributed by atoms with Crippen LogP contribution in [0.2, 0.25) is 0 Å². The largest absolute Gasteiger partial charge is 0.502 e. The van der Waals surface area contributed by atoms with Crippen molar-refractivity contribution in [1.29, 1.82) is 0 Å². The molecule has 180 valence electrons. The van der Waals surface area contributed by atoms with Gasteiger partial charge >= 0.3 is 5.97 Å². The molecule has 1 atom stereocenters. The lowest BCUT2D eigenvalue weighted by molar-refractivity contribution is -0.140. The quantitative estimate of drug-likeness (QED) is 0.553. The zero-order valence-electron chi connectivity index (χ0n) is 19.2. The standard InChI is InChI=1S/C23H29NO9/c1-28-18-12-20(30-3)19(29-2)10-15(18)16(11-21(26)31-4)23-22(27)17(25)9-14(33-23)13-24-5-7-32-8-6-24/h9-10,12,16,27H,5-8,11,13H2,1-4H3/t16-/m1/s1. The van der Waals surface area contributed by atoms with Crippen LogP contribution >= 0.6 is 0 Å². The highest BCUT2D eigenvalue weighted by atomic mass is 16.5. The molecule has 1 aliphatic heterocycles. The number of carbonyl (C=O) groups is 1. The second-order valence-electron chi connectivity index (χ2n) is 7.46. The number of hydrogen-bond donors (Lipinski definition) is 1. The van der Waals surface area contributed by atoms with E-state index in [0.717, 1.165) is 0 Å². The third-order valence-electron chi connectivity index (χ3n) is 5.51. The van der Waals surface area contributed by atoms with E-state index in [-0.39, 0.29) is 12.2 Å². The van der Waals surface area contributed by atoms with Crippen molar-refractivity contribution < 1.29 is 38.0 Å². The normalized spacial score (nSPS) is 15.0.